The third kappa shape index (κ3) is 6.72. The van der Waals surface area contributed by atoms with E-state index >= 15 is 0 Å². The third-order valence-electron chi connectivity index (χ3n) is 2.82. The number of nitrogens with zero attached hydrogens (tertiary/aromatic N) is 5. The highest BCUT2D eigenvalue weighted by Gasteiger charge is 2.04. The highest BCUT2D eigenvalue weighted by atomic mass is 79.9. The summed E-state index contributed by atoms with van der Waals surface area (Å²) in [6.45, 7) is 0. The fourth-order valence-electron chi connectivity index (χ4n) is 1.64. The van der Waals surface area contributed by atoms with Crippen LogP contribution in [0.25, 0.3) is 0 Å². The first-order valence-electron chi connectivity index (χ1n) is 7.15. The molecule has 0 radical (unpaired) electrons. The van der Waals surface area contributed by atoms with Gasteiger partial charge >= 0.3 is 0 Å². The fraction of sp³-hybridized carbons (Fsp3) is 0. The fourth-order valence-corrected chi connectivity index (χ4v) is 2.41. The normalized spacial score (nSPS) is 10.3. The Morgan fingerprint density at radius 2 is 1.63 bits per heavy atom. The Morgan fingerprint density at radius 1 is 0.963 bits per heavy atom. The summed E-state index contributed by atoms with van der Waals surface area (Å²) in [6, 6.07) is 8.66. The topological polar surface area (TPSA) is 134 Å². The molecular formula is C16H11Br2N5O4. The highest BCUT2D eigenvalue weighted by molar-refractivity contribution is 9.10. The van der Waals surface area contributed by atoms with Crippen molar-refractivity contribution in [3.63, 3.8) is 0 Å². The number of halogens is 2. The van der Waals surface area contributed by atoms with Gasteiger partial charge in [-0.3, -0.25) is 15.1 Å². The lowest BCUT2D eigenvalue weighted by atomic mass is 10.3. The van der Waals surface area contributed by atoms with E-state index < -0.39 is 4.92 Å². The second-order valence-electron chi connectivity index (χ2n) is 4.83. The molecule has 0 unspecified atom stereocenters. The number of aromatic nitrogens is 2. The Balaban J connectivity index is 0.000000273. The quantitative estimate of drug-likeness (QED) is 0.282. The number of aromatic hydroxyl groups is 2. The summed E-state index contributed by atoms with van der Waals surface area (Å²) in [5.41, 5.74) is 0.454. The average molecular weight is 497 g/mol. The first-order chi connectivity index (χ1) is 12.8. The van der Waals surface area contributed by atoms with Gasteiger partial charge in [-0.2, -0.15) is 0 Å². The summed E-state index contributed by atoms with van der Waals surface area (Å²) in [4.78, 5) is 17.6. The van der Waals surface area contributed by atoms with E-state index in [1.807, 2.05) is 0 Å². The Hall–Kier alpha value is -2.92. The standard InChI is InChI=1S/C11H7BrN4O3.C5H4BrNO/c12-10-5-9(17)6-13-11(10)15-14-7-1-3-8(4-2-7)16(18)19;6-4-1-5(8)3-7-2-4/h1-6,17H;1-3,8H/b15-14+;. The molecule has 11 heteroatoms. The molecule has 0 aliphatic rings. The van der Waals surface area contributed by atoms with Crippen LogP contribution in [0.1, 0.15) is 0 Å². The van der Waals surface area contributed by atoms with Crippen LogP contribution >= 0.6 is 31.9 Å². The minimum absolute atomic E-state index is 0.0112. The summed E-state index contributed by atoms with van der Waals surface area (Å²) in [5, 5.41) is 36.2. The van der Waals surface area contributed by atoms with Crippen LogP contribution < -0.4 is 0 Å². The molecule has 0 bridgehead atoms. The molecule has 0 aliphatic heterocycles. The first kappa shape index (κ1) is 20.4. The number of nitro groups is 1. The van der Waals surface area contributed by atoms with Gasteiger partial charge < -0.3 is 10.2 Å². The molecule has 0 spiro atoms. The van der Waals surface area contributed by atoms with E-state index in [0.29, 0.717) is 16.0 Å². The number of benzene rings is 1. The van der Waals surface area contributed by atoms with Gasteiger partial charge in [-0.05, 0) is 56.1 Å². The molecular weight excluding hydrogens is 486 g/mol. The molecule has 0 saturated carbocycles. The zero-order valence-corrected chi connectivity index (χ0v) is 16.6. The highest BCUT2D eigenvalue weighted by Crippen LogP contribution is 2.28. The maximum absolute atomic E-state index is 10.5. The number of azo groups is 1. The van der Waals surface area contributed by atoms with E-state index in [4.69, 9.17) is 5.11 Å². The Morgan fingerprint density at radius 3 is 2.15 bits per heavy atom. The van der Waals surface area contributed by atoms with Gasteiger partial charge in [-0.1, -0.05) is 0 Å². The SMILES string of the molecule is O=[N+]([O-])c1ccc(/N=N/c2ncc(O)cc2Br)cc1.Oc1cncc(Br)c1. The van der Waals surface area contributed by atoms with Crippen molar-refractivity contribution in [1.82, 2.24) is 9.97 Å². The Kier molecular flexibility index (Phi) is 7.32. The molecule has 3 aromatic rings. The molecule has 2 aromatic heterocycles. The van der Waals surface area contributed by atoms with E-state index in [2.05, 4.69) is 52.1 Å². The Bertz CT molecular complexity index is 950. The van der Waals surface area contributed by atoms with Crippen LogP contribution in [0.5, 0.6) is 11.5 Å². The van der Waals surface area contributed by atoms with Crippen molar-refractivity contribution < 1.29 is 15.1 Å². The molecule has 0 aliphatic carbocycles. The third-order valence-corrected chi connectivity index (χ3v) is 3.84. The molecule has 2 heterocycles. The van der Waals surface area contributed by atoms with E-state index in [0.717, 1.165) is 4.47 Å². The summed E-state index contributed by atoms with van der Waals surface area (Å²) in [6.07, 6.45) is 4.24. The van der Waals surface area contributed by atoms with Crippen LogP contribution in [0.2, 0.25) is 0 Å². The number of hydrogen-bond donors (Lipinski definition) is 2. The lowest BCUT2D eigenvalue weighted by Gasteiger charge is -1.97. The predicted octanol–water partition coefficient (Wildman–Crippen LogP) is 5.42. The minimum atomic E-state index is -0.487. The van der Waals surface area contributed by atoms with E-state index in [1.165, 1.54) is 42.7 Å². The molecule has 0 amide bonds. The second kappa shape index (κ2) is 9.69. The van der Waals surface area contributed by atoms with Gasteiger partial charge in [0.15, 0.2) is 5.82 Å². The van der Waals surface area contributed by atoms with Crippen LogP contribution in [0, 0.1) is 10.1 Å². The maximum Gasteiger partial charge on any atom is 0.269 e. The number of pyridine rings is 2. The van der Waals surface area contributed by atoms with Gasteiger partial charge in [0.2, 0.25) is 0 Å². The van der Waals surface area contributed by atoms with Crippen molar-refractivity contribution in [3.05, 3.63) is 74.0 Å². The largest absolute Gasteiger partial charge is 0.506 e. The summed E-state index contributed by atoms with van der Waals surface area (Å²) in [7, 11) is 0. The lowest BCUT2D eigenvalue weighted by Crippen LogP contribution is -1.85. The van der Waals surface area contributed by atoms with Gasteiger partial charge in [0.05, 0.1) is 27.5 Å². The summed E-state index contributed by atoms with van der Waals surface area (Å²) >= 11 is 6.33. The molecule has 1 aromatic carbocycles. The molecule has 3 rings (SSSR count). The predicted molar refractivity (Wildman–Crippen MR) is 104 cm³/mol. The maximum atomic E-state index is 10.5. The minimum Gasteiger partial charge on any atom is -0.506 e. The van der Waals surface area contributed by atoms with Crippen molar-refractivity contribution in [2.45, 2.75) is 0 Å². The lowest BCUT2D eigenvalue weighted by molar-refractivity contribution is -0.384. The van der Waals surface area contributed by atoms with Crippen LogP contribution in [-0.2, 0) is 0 Å². The molecule has 27 heavy (non-hydrogen) atoms. The molecule has 0 saturated heterocycles. The zero-order chi connectivity index (χ0) is 19.8. The van der Waals surface area contributed by atoms with Gasteiger partial charge in [-0.15, -0.1) is 10.2 Å². The first-order valence-corrected chi connectivity index (χ1v) is 8.74. The van der Waals surface area contributed by atoms with Crippen molar-refractivity contribution in [2.75, 3.05) is 0 Å². The number of rotatable bonds is 3. The van der Waals surface area contributed by atoms with Gasteiger partial charge in [0.25, 0.3) is 5.69 Å². The van der Waals surface area contributed by atoms with Crippen molar-refractivity contribution in [3.8, 4) is 11.5 Å². The molecule has 9 nitrogen and oxygen atoms in total. The van der Waals surface area contributed by atoms with Crippen LogP contribution in [-0.4, -0.2) is 25.1 Å². The van der Waals surface area contributed by atoms with Crippen LogP contribution in [0.15, 0.2) is 74.2 Å². The van der Waals surface area contributed by atoms with E-state index in [-0.39, 0.29) is 17.2 Å². The summed E-state index contributed by atoms with van der Waals surface area (Å²) in [5.74, 6) is 0.497. The van der Waals surface area contributed by atoms with Gasteiger partial charge in [-0.25, -0.2) is 4.98 Å². The zero-order valence-electron chi connectivity index (χ0n) is 13.4. The molecule has 0 atom stereocenters. The molecule has 138 valence electrons. The second-order valence-corrected chi connectivity index (χ2v) is 6.60. The Labute approximate surface area is 169 Å². The number of nitro benzene ring substituents is 1. The van der Waals surface area contributed by atoms with Crippen molar-refractivity contribution in [1.29, 1.82) is 0 Å². The summed E-state index contributed by atoms with van der Waals surface area (Å²) < 4.78 is 1.29. The van der Waals surface area contributed by atoms with E-state index in [9.17, 15) is 15.2 Å². The van der Waals surface area contributed by atoms with Crippen LogP contribution in [0.3, 0.4) is 0 Å². The smallest absolute Gasteiger partial charge is 0.269 e. The average Bonchev–Trinajstić information content (AvgIpc) is 2.62. The van der Waals surface area contributed by atoms with Crippen molar-refractivity contribution >= 4 is 49.1 Å². The molecule has 2 N–H and O–H groups in total. The van der Waals surface area contributed by atoms with Crippen molar-refractivity contribution in [2.24, 2.45) is 10.2 Å². The monoisotopic (exact) mass is 495 g/mol. The van der Waals surface area contributed by atoms with Gasteiger partial charge in [0.1, 0.15) is 11.5 Å². The molecule has 0 fully saturated rings. The van der Waals surface area contributed by atoms with E-state index in [1.54, 1.807) is 12.3 Å². The number of non-ortho nitro benzene ring substituents is 1. The van der Waals surface area contributed by atoms with Gasteiger partial charge in [0, 0.05) is 22.8 Å². The number of hydrogen-bond acceptors (Lipinski definition) is 8. The van der Waals surface area contributed by atoms with Crippen LogP contribution in [0.4, 0.5) is 17.2 Å².